The van der Waals surface area contributed by atoms with Gasteiger partial charge in [0.1, 0.15) is 11.5 Å². The summed E-state index contributed by atoms with van der Waals surface area (Å²) in [6.45, 7) is 4.21. The summed E-state index contributed by atoms with van der Waals surface area (Å²) in [4.78, 5) is 12.8. The van der Waals surface area contributed by atoms with Gasteiger partial charge < -0.3 is 14.8 Å². The Morgan fingerprint density at radius 1 is 1.00 bits per heavy atom. The molecule has 8 heteroatoms. The van der Waals surface area contributed by atoms with Crippen molar-refractivity contribution in [1.82, 2.24) is 4.31 Å². The Hall–Kier alpha value is -2.58. The van der Waals surface area contributed by atoms with Gasteiger partial charge in [-0.25, -0.2) is 8.42 Å². The molecule has 0 heterocycles. The van der Waals surface area contributed by atoms with Crippen molar-refractivity contribution in [2.45, 2.75) is 18.7 Å². The molecule has 0 spiro atoms. The Labute approximate surface area is 160 Å². The average Bonchev–Trinajstić information content (AvgIpc) is 2.68. The molecule has 0 atom stereocenters. The smallest absolute Gasteiger partial charge is 0.259 e. The zero-order valence-electron chi connectivity index (χ0n) is 15.9. The molecule has 7 nitrogen and oxygen atoms in total. The fraction of sp³-hybridized carbons (Fsp3) is 0.316. The van der Waals surface area contributed by atoms with Crippen LogP contribution in [0.1, 0.15) is 24.2 Å². The van der Waals surface area contributed by atoms with E-state index in [0.717, 1.165) is 0 Å². The topological polar surface area (TPSA) is 84.9 Å². The van der Waals surface area contributed by atoms with Gasteiger partial charge in [-0.3, -0.25) is 4.79 Å². The maximum atomic E-state index is 12.8. The highest BCUT2D eigenvalue weighted by atomic mass is 32.2. The first-order valence-corrected chi connectivity index (χ1v) is 9.95. The van der Waals surface area contributed by atoms with Gasteiger partial charge in [0, 0.05) is 13.1 Å². The molecule has 2 rings (SSSR count). The second kappa shape index (κ2) is 8.88. The number of hydrogen-bond donors (Lipinski definition) is 1. The first-order chi connectivity index (χ1) is 12.9. The summed E-state index contributed by atoms with van der Waals surface area (Å²) < 4.78 is 37.3. The van der Waals surface area contributed by atoms with E-state index in [-0.39, 0.29) is 16.2 Å². The first kappa shape index (κ1) is 20.7. The van der Waals surface area contributed by atoms with Gasteiger partial charge in [0.25, 0.3) is 5.91 Å². The number of hydrogen-bond acceptors (Lipinski definition) is 5. The van der Waals surface area contributed by atoms with Gasteiger partial charge in [-0.1, -0.05) is 26.0 Å². The van der Waals surface area contributed by atoms with E-state index in [1.165, 1.54) is 36.7 Å². The summed E-state index contributed by atoms with van der Waals surface area (Å²) in [7, 11) is -0.768. The fourth-order valence-electron chi connectivity index (χ4n) is 2.68. The minimum atomic E-state index is -3.69. The molecule has 27 heavy (non-hydrogen) atoms. The van der Waals surface area contributed by atoms with Crippen molar-refractivity contribution in [2.24, 2.45) is 0 Å². The summed E-state index contributed by atoms with van der Waals surface area (Å²) in [5.41, 5.74) is 0.598. The van der Waals surface area contributed by atoms with Crippen molar-refractivity contribution >= 4 is 21.6 Å². The van der Waals surface area contributed by atoms with E-state index in [1.54, 1.807) is 38.1 Å². The summed E-state index contributed by atoms with van der Waals surface area (Å²) >= 11 is 0. The summed E-state index contributed by atoms with van der Waals surface area (Å²) in [5.74, 6) is 0.283. The van der Waals surface area contributed by atoms with Crippen molar-refractivity contribution in [1.29, 1.82) is 0 Å². The number of methoxy groups -OCH3 is 2. The van der Waals surface area contributed by atoms with Crippen LogP contribution < -0.4 is 14.8 Å². The molecule has 0 bridgehead atoms. The van der Waals surface area contributed by atoms with Crippen LogP contribution in [0.4, 0.5) is 5.69 Å². The molecular formula is C19H24N2O5S. The van der Waals surface area contributed by atoms with Crippen LogP contribution in [0.2, 0.25) is 0 Å². The molecule has 2 aromatic carbocycles. The van der Waals surface area contributed by atoms with E-state index in [0.29, 0.717) is 24.5 Å². The van der Waals surface area contributed by atoms with Gasteiger partial charge in [-0.2, -0.15) is 4.31 Å². The van der Waals surface area contributed by atoms with E-state index < -0.39 is 15.9 Å². The molecule has 0 aliphatic heterocycles. The minimum Gasteiger partial charge on any atom is -0.496 e. The second-order valence-corrected chi connectivity index (χ2v) is 7.54. The monoisotopic (exact) mass is 392 g/mol. The van der Waals surface area contributed by atoms with Crippen LogP contribution in [0, 0.1) is 0 Å². The number of para-hydroxylation sites is 2. The number of nitrogens with zero attached hydrogens (tertiary/aromatic N) is 1. The normalized spacial score (nSPS) is 11.3. The van der Waals surface area contributed by atoms with Crippen molar-refractivity contribution < 1.29 is 22.7 Å². The molecule has 0 saturated heterocycles. The number of nitrogens with one attached hydrogen (secondary N) is 1. The van der Waals surface area contributed by atoms with Crippen LogP contribution in [0.5, 0.6) is 11.5 Å². The summed E-state index contributed by atoms with van der Waals surface area (Å²) in [6, 6.07) is 11.2. The van der Waals surface area contributed by atoms with E-state index in [2.05, 4.69) is 5.32 Å². The molecule has 1 amide bonds. The Morgan fingerprint density at radius 3 is 2.22 bits per heavy atom. The molecule has 0 radical (unpaired) electrons. The maximum absolute atomic E-state index is 12.8. The Bertz CT molecular complexity index is 908. The fourth-order valence-corrected chi connectivity index (χ4v) is 4.16. The van der Waals surface area contributed by atoms with Gasteiger partial charge in [0.05, 0.1) is 30.4 Å². The number of ether oxygens (including phenoxy) is 2. The van der Waals surface area contributed by atoms with Crippen molar-refractivity contribution in [2.75, 3.05) is 32.6 Å². The lowest BCUT2D eigenvalue weighted by molar-refractivity contribution is 0.102. The predicted octanol–water partition coefficient (Wildman–Crippen LogP) is 2.99. The quantitative estimate of drug-likeness (QED) is 0.746. The molecule has 0 saturated carbocycles. The van der Waals surface area contributed by atoms with Gasteiger partial charge in [0.2, 0.25) is 10.0 Å². The van der Waals surface area contributed by atoms with Crippen LogP contribution in [0.15, 0.2) is 47.4 Å². The lowest BCUT2D eigenvalue weighted by Crippen LogP contribution is -2.30. The molecule has 0 fully saturated rings. The predicted molar refractivity (Wildman–Crippen MR) is 104 cm³/mol. The SMILES string of the molecule is CCN(CC)S(=O)(=O)c1ccc(OC)c(C(=O)Nc2ccccc2OC)c1. The number of amides is 1. The standard InChI is InChI=1S/C19H24N2O5S/c1-5-21(6-2)27(23,24)14-11-12-17(25-3)15(13-14)19(22)20-16-9-7-8-10-18(16)26-4/h7-13H,5-6H2,1-4H3,(H,20,22). The average molecular weight is 392 g/mol. The molecule has 0 aliphatic rings. The number of anilines is 1. The second-order valence-electron chi connectivity index (χ2n) is 5.61. The third kappa shape index (κ3) is 4.40. The van der Waals surface area contributed by atoms with Crippen LogP contribution in [0.25, 0.3) is 0 Å². The van der Waals surface area contributed by atoms with Crippen LogP contribution in [-0.2, 0) is 10.0 Å². The molecule has 0 unspecified atom stereocenters. The molecule has 146 valence electrons. The molecule has 2 aromatic rings. The minimum absolute atomic E-state index is 0.0391. The number of rotatable bonds is 8. The van der Waals surface area contributed by atoms with Crippen molar-refractivity contribution in [3.05, 3.63) is 48.0 Å². The third-order valence-electron chi connectivity index (χ3n) is 4.11. The van der Waals surface area contributed by atoms with Crippen LogP contribution >= 0.6 is 0 Å². The molecule has 0 aromatic heterocycles. The van der Waals surface area contributed by atoms with Crippen molar-refractivity contribution in [3.8, 4) is 11.5 Å². The highest BCUT2D eigenvalue weighted by Gasteiger charge is 2.24. The van der Waals surface area contributed by atoms with Gasteiger partial charge in [-0.05, 0) is 30.3 Å². The first-order valence-electron chi connectivity index (χ1n) is 8.51. The van der Waals surface area contributed by atoms with E-state index in [1.807, 2.05) is 0 Å². The zero-order chi connectivity index (χ0) is 20.0. The lowest BCUT2D eigenvalue weighted by atomic mass is 10.1. The van der Waals surface area contributed by atoms with Crippen LogP contribution in [-0.4, -0.2) is 45.9 Å². The summed E-state index contributed by atoms with van der Waals surface area (Å²) in [5, 5.41) is 2.74. The third-order valence-corrected chi connectivity index (χ3v) is 6.16. The number of sulfonamides is 1. The summed E-state index contributed by atoms with van der Waals surface area (Å²) in [6.07, 6.45) is 0. The molecule has 0 aliphatic carbocycles. The number of carbonyl (C=O) groups excluding carboxylic acids is 1. The highest BCUT2D eigenvalue weighted by molar-refractivity contribution is 7.89. The van der Waals surface area contributed by atoms with E-state index in [9.17, 15) is 13.2 Å². The Kier molecular flexibility index (Phi) is 6.81. The maximum Gasteiger partial charge on any atom is 0.259 e. The molecular weight excluding hydrogens is 368 g/mol. The highest BCUT2D eigenvalue weighted by Crippen LogP contribution is 2.28. The Balaban J connectivity index is 2.45. The Morgan fingerprint density at radius 2 is 1.63 bits per heavy atom. The molecule has 1 N–H and O–H groups in total. The van der Waals surface area contributed by atoms with Crippen LogP contribution in [0.3, 0.4) is 0 Å². The van der Waals surface area contributed by atoms with E-state index >= 15 is 0 Å². The van der Waals surface area contributed by atoms with Crippen molar-refractivity contribution in [3.63, 3.8) is 0 Å². The lowest BCUT2D eigenvalue weighted by Gasteiger charge is -2.19. The van der Waals surface area contributed by atoms with Gasteiger partial charge >= 0.3 is 0 Å². The van der Waals surface area contributed by atoms with Gasteiger partial charge in [-0.15, -0.1) is 0 Å². The van der Waals surface area contributed by atoms with E-state index in [4.69, 9.17) is 9.47 Å². The zero-order valence-corrected chi connectivity index (χ0v) is 16.7. The number of benzene rings is 2. The number of carbonyl (C=O) groups is 1. The van der Waals surface area contributed by atoms with Gasteiger partial charge in [0.15, 0.2) is 0 Å². The largest absolute Gasteiger partial charge is 0.496 e.